The lowest BCUT2D eigenvalue weighted by Crippen LogP contribution is -2.31. The fraction of sp³-hybridized carbons (Fsp3) is 0.143. The van der Waals surface area contributed by atoms with Gasteiger partial charge in [-0.1, -0.05) is 12.1 Å². The number of aromatic nitrogens is 3. The van der Waals surface area contributed by atoms with E-state index in [1.54, 1.807) is 12.5 Å². The molecule has 1 aromatic carbocycles. The summed E-state index contributed by atoms with van der Waals surface area (Å²) >= 11 is 0. The quantitative estimate of drug-likeness (QED) is 0.560. The highest BCUT2D eigenvalue weighted by Crippen LogP contribution is 2.18. The van der Waals surface area contributed by atoms with Gasteiger partial charge >= 0.3 is 0 Å². The first-order valence-electron chi connectivity index (χ1n) is 6.24. The monoisotopic (exact) mass is 271 g/mol. The van der Waals surface area contributed by atoms with Crippen molar-refractivity contribution in [3.05, 3.63) is 60.4 Å². The predicted octanol–water partition coefficient (Wildman–Crippen LogP) is 1.77. The Morgan fingerprint density at radius 3 is 2.95 bits per heavy atom. The van der Waals surface area contributed by atoms with Gasteiger partial charge in [0.05, 0.1) is 29.6 Å². The van der Waals surface area contributed by atoms with E-state index in [0.717, 1.165) is 11.0 Å². The maximum absolute atomic E-state index is 13.2. The van der Waals surface area contributed by atoms with Crippen molar-refractivity contribution in [2.75, 3.05) is 0 Å². The minimum absolute atomic E-state index is 0.240. The average Bonchev–Trinajstić information content (AvgIpc) is 2.88. The molecule has 0 bridgehead atoms. The third kappa shape index (κ3) is 2.38. The maximum Gasteiger partial charge on any atom is 0.141 e. The Morgan fingerprint density at radius 1 is 1.30 bits per heavy atom. The second kappa shape index (κ2) is 5.36. The first-order valence-corrected chi connectivity index (χ1v) is 6.24. The molecule has 6 heteroatoms. The number of para-hydroxylation sites is 2. The molecule has 3 N–H and O–H groups in total. The number of hydrogen-bond acceptors (Lipinski definition) is 4. The summed E-state index contributed by atoms with van der Waals surface area (Å²) in [5, 5.41) is 0. The third-order valence-electron chi connectivity index (χ3n) is 3.24. The van der Waals surface area contributed by atoms with E-state index >= 15 is 0 Å². The number of halogens is 1. The largest absolute Gasteiger partial charge is 0.329 e. The van der Waals surface area contributed by atoms with Crippen molar-refractivity contribution in [3.8, 4) is 0 Å². The highest BCUT2D eigenvalue weighted by atomic mass is 19.1. The zero-order valence-corrected chi connectivity index (χ0v) is 10.7. The van der Waals surface area contributed by atoms with E-state index in [1.165, 1.54) is 12.3 Å². The SMILES string of the molecule is NNC(Cn1cnc2ccccc21)c1cncc(F)c1. The molecule has 2 heterocycles. The molecular weight excluding hydrogens is 257 g/mol. The number of nitrogens with zero attached hydrogens (tertiary/aromatic N) is 3. The summed E-state index contributed by atoms with van der Waals surface area (Å²) in [5.41, 5.74) is 5.32. The minimum Gasteiger partial charge on any atom is -0.329 e. The van der Waals surface area contributed by atoms with Crippen LogP contribution in [0.1, 0.15) is 11.6 Å². The molecule has 20 heavy (non-hydrogen) atoms. The summed E-state index contributed by atoms with van der Waals surface area (Å²) in [6, 6.07) is 9.01. The summed E-state index contributed by atoms with van der Waals surface area (Å²) in [5.74, 6) is 5.20. The van der Waals surface area contributed by atoms with Crippen LogP contribution in [0.4, 0.5) is 4.39 Å². The van der Waals surface area contributed by atoms with Crippen LogP contribution in [0.5, 0.6) is 0 Å². The molecule has 0 radical (unpaired) electrons. The molecule has 0 saturated heterocycles. The van der Waals surface area contributed by atoms with E-state index in [9.17, 15) is 4.39 Å². The van der Waals surface area contributed by atoms with Gasteiger partial charge in [0.1, 0.15) is 5.82 Å². The van der Waals surface area contributed by atoms with Crippen LogP contribution < -0.4 is 11.3 Å². The summed E-state index contributed by atoms with van der Waals surface area (Å²) in [4.78, 5) is 8.17. The lowest BCUT2D eigenvalue weighted by molar-refractivity contribution is 0.476. The van der Waals surface area contributed by atoms with Gasteiger partial charge in [-0.25, -0.2) is 9.37 Å². The van der Waals surface area contributed by atoms with Crippen LogP contribution in [-0.2, 0) is 6.54 Å². The van der Waals surface area contributed by atoms with Crippen molar-refractivity contribution < 1.29 is 4.39 Å². The van der Waals surface area contributed by atoms with Crippen molar-refractivity contribution >= 4 is 11.0 Å². The van der Waals surface area contributed by atoms with Gasteiger partial charge in [0.15, 0.2) is 0 Å². The third-order valence-corrected chi connectivity index (χ3v) is 3.24. The Morgan fingerprint density at radius 2 is 2.15 bits per heavy atom. The van der Waals surface area contributed by atoms with Gasteiger partial charge in [-0.3, -0.25) is 16.3 Å². The van der Waals surface area contributed by atoms with Gasteiger partial charge in [-0.05, 0) is 23.8 Å². The number of pyridine rings is 1. The Balaban J connectivity index is 1.92. The van der Waals surface area contributed by atoms with Gasteiger partial charge < -0.3 is 4.57 Å². The molecular formula is C14H14FN5. The second-order valence-corrected chi connectivity index (χ2v) is 4.54. The molecule has 3 rings (SSSR count). The molecule has 0 spiro atoms. The first-order chi connectivity index (χ1) is 9.78. The van der Waals surface area contributed by atoms with Crippen molar-refractivity contribution in [2.45, 2.75) is 12.6 Å². The molecule has 2 aromatic heterocycles. The average molecular weight is 271 g/mol. The van der Waals surface area contributed by atoms with Crippen LogP contribution in [0.25, 0.3) is 11.0 Å². The van der Waals surface area contributed by atoms with Crippen molar-refractivity contribution in [1.82, 2.24) is 20.0 Å². The Labute approximate surface area is 115 Å². The number of hydrazine groups is 1. The molecule has 0 aliphatic heterocycles. The molecule has 0 amide bonds. The molecule has 0 aliphatic rings. The van der Waals surface area contributed by atoms with E-state index in [-0.39, 0.29) is 11.9 Å². The van der Waals surface area contributed by atoms with Crippen molar-refractivity contribution in [3.63, 3.8) is 0 Å². The zero-order chi connectivity index (χ0) is 13.9. The molecule has 102 valence electrons. The lowest BCUT2D eigenvalue weighted by atomic mass is 10.1. The van der Waals surface area contributed by atoms with Crippen molar-refractivity contribution in [2.24, 2.45) is 5.84 Å². The number of imidazole rings is 1. The van der Waals surface area contributed by atoms with E-state index in [0.29, 0.717) is 12.1 Å². The molecule has 1 unspecified atom stereocenters. The predicted molar refractivity (Wildman–Crippen MR) is 74.0 cm³/mol. The second-order valence-electron chi connectivity index (χ2n) is 4.54. The van der Waals surface area contributed by atoms with Crippen LogP contribution in [0.3, 0.4) is 0 Å². The number of rotatable bonds is 4. The van der Waals surface area contributed by atoms with Gasteiger partial charge in [-0.2, -0.15) is 0 Å². The van der Waals surface area contributed by atoms with E-state index in [4.69, 9.17) is 5.84 Å². The van der Waals surface area contributed by atoms with E-state index < -0.39 is 0 Å². The maximum atomic E-state index is 13.2. The summed E-state index contributed by atoms with van der Waals surface area (Å²) in [6.45, 7) is 0.544. The van der Waals surface area contributed by atoms with Crippen LogP contribution in [0.2, 0.25) is 0 Å². The fourth-order valence-electron chi connectivity index (χ4n) is 2.23. The summed E-state index contributed by atoms with van der Waals surface area (Å²) in [6.07, 6.45) is 4.53. The Bertz CT molecular complexity index is 724. The summed E-state index contributed by atoms with van der Waals surface area (Å²) in [7, 11) is 0. The highest BCUT2D eigenvalue weighted by Gasteiger charge is 2.13. The number of benzene rings is 1. The fourth-order valence-corrected chi connectivity index (χ4v) is 2.23. The standard InChI is InChI=1S/C14H14FN5/c15-11-5-10(6-17-7-11)13(19-16)8-20-9-18-12-3-1-2-4-14(12)20/h1-7,9,13,19H,8,16H2. The molecule has 5 nitrogen and oxygen atoms in total. The topological polar surface area (TPSA) is 68.8 Å². The van der Waals surface area contributed by atoms with E-state index in [1.807, 2.05) is 28.8 Å². The van der Waals surface area contributed by atoms with Gasteiger partial charge in [0, 0.05) is 12.7 Å². The van der Waals surface area contributed by atoms with E-state index in [2.05, 4.69) is 15.4 Å². The smallest absolute Gasteiger partial charge is 0.141 e. The molecule has 0 saturated carbocycles. The van der Waals surface area contributed by atoms with Crippen LogP contribution >= 0.6 is 0 Å². The number of hydrogen-bond donors (Lipinski definition) is 2. The van der Waals surface area contributed by atoms with Crippen LogP contribution in [-0.4, -0.2) is 14.5 Å². The van der Waals surface area contributed by atoms with Crippen LogP contribution in [0.15, 0.2) is 49.1 Å². The molecule has 3 aromatic rings. The minimum atomic E-state index is -0.377. The highest BCUT2D eigenvalue weighted by molar-refractivity contribution is 5.74. The van der Waals surface area contributed by atoms with Crippen molar-refractivity contribution in [1.29, 1.82) is 0 Å². The lowest BCUT2D eigenvalue weighted by Gasteiger charge is -2.17. The molecule has 1 atom stereocenters. The number of nitrogens with two attached hydrogens (primary N) is 1. The Kier molecular flexibility index (Phi) is 3.41. The molecule has 0 fully saturated rings. The van der Waals surface area contributed by atoms with Gasteiger partial charge in [0.25, 0.3) is 0 Å². The van der Waals surface area contributed by atoms with Gasteiger partial charge in [0.2, 0.25) is 0 Å². The molecule has 0 aliphatic carbocycles. The van der Waals surface area contributed by atoms with Gasteiger partial charge in [-0.15, -0.1) is 0 Å². The number of fused-ring (bicyclic) bond motifs is 1. The number of nitrogens with one attached hydrogen (secondary N) is 1. The van der Waals surface area contributed by atoms with Crippen LogP contribution in [0, 0.1) is 5.82 Å². The summed E-state index contributed by atoms with van der Waals surface area (Å²) < 4.78 is 15.2. The first kappa shape index (κ1) is 12.7. The normalized spacial score (nSPS) is 12.7. The Hall–Kier alpha value is -2.31. The zero-order valence-electron chi connectivity index (χ0n) is 10.7.